The summed E-state index contributed by atoms with van der Waals surface area (Å²) in [5.74, 6) is 0.205. The minimum atomic E-state index is -0.558. The van der Waals surface area contributed by atoms with Gasteiger partial charge in [0, 0.05) is 36.8 Å². The third kappa shape index (κ3) is 7.13. The molecule has 4 rings (SSSR count). The Labute approximate surface area is 217 Å². The van der Waals surface area contributed by atoms with Crippen LogP contribution in [0.15, 0.2) is 54.6 Å². The first-order chi connectivity index (χ1) is 17.9. The average Bonchev–Trinajstić information content (AvgIpc) is 3.31. The van der Waals surface area contributed by atoms with Gasteiger partial charge in [0.15, 0.2) is 11.5 Å². The van der Waals surface area contributed by atoms with Crippen LogP contribution in [-0.2, 0) is 16.0 Å². The number of benzene rings is 2. The highest BCUT2D eigenvalue weighted by Gasteiger charge is 2.19. The lowest BCUT2D eigenvalue weighted by Crippen LogP contribution is -2.17. The van der Waals surface area contributed by atoms with E-state index in [1.807, 2.05) is 43.3 Å². The number of hydrogen-bond donors (Lipinski definition) is 1. The van der Waals surface area contributed by atoms with Crippen molar-refractivity contribution in [3.63, 3.8) is 0 Å². The van der Waals surface area contributed by atoms with Crippen LogP contribution in [0.2, 0.25) is 0 Å². The van der Waals surface area contributed by atoms with Crippen LogP contribution in [0.4, 0.5) is 5.82 Å². The molecule has 0 spiro atoms. The molecule has 0 aliphatic carbocycles. The normalized spacial score (nSPS) is 13.8. The predicted octanol–water partition coefficient (Wildman–Crippen LogP) is 5.06. The van der Waals surface area contributed by atoms with Gasteiger partial charge in [-0.05, 0) is 56.7 Å². The number of amides is 1. The monoisotopic (exact) mass is 503 g/mol. The zero-order valence-corrected chi connectivity index (χ0v) is 21.4. The Kier molecular flexibility index (Phi) is 8.85. The molecule has 1 aliphatic rings. The molecule has 1 N–H and O–H groups in total. The minimum absolute atomic E-state index is 0.112. The highest BCUT2D eigenvalue weighted by molar-refractivity contribution is 6.04. The summed E-state index contributed by atoms with van der Waals surface area (Å²) in [4.78, 5) is 37.8. The zero-order chi connectivity index (χ0) is 26.2. The van der Waals surface area contributed by atoms with Crippen molar-refractivity contribution < 1.29 is 23.9 Å². The fourth-order valence-corrected chi connectivity index (χ4v) is 4.32. The molecule has 0 atom stereocenters. The summed E-state index contributed by atoms with van der Waals surface area (Å²) < 4.78 is 12.0. The second-order valence-corrected chi connectivity index (χ2v) is 9.33. The number of anilines is 1. The van der Waals surface area contributed by atoms with Gasteiger partial charge >= 0.3 is 5.97 Å². The molecule has 194 valence electrons. The maximum Gasteiger partial charge on any atom is 0.358 e. The van der Waals surface area contributed by atoms with Crippen LogP contribution in [0, 0.1) is 12.8 Å². The zero-order valence-electron chi connectivity index (χ0n) is 21.4. The molecule has 0 radical (unpaired) electrons. The second kappa shape index (κ2) is 12.5. The van der Waals surface area contributed by atoms with Crippen molar-refractivity contribution >= 4 is 23.5 Å². The van der Waals surface area contributed by atoms with E-state index in [0.29, 0.717) is 35.8 Å². The van der Waals surface area contributed by atoms with Gasteiger partial charge in [0.2, 0.25) is 0 Å². The maximum atomic E-state index is 12.8. The number of nitrogens with zero attached hydrogens (tertiary/aromatic N) is 2. The molecule has 8 heteroatoms. The molecular formula is C29H33N3O5. The standard InChI is InChI=1S/C29H33N3O5/c1-3-37-29(35)25-18-27(30-28(34)24-9-4-20(2)5-10-24)32(31-25)19-22-6-11-23(12-7-22)26(33)13-8-21-14-16-36-17-15-21/h4-7,9-12,18,21H,3,8,13-17,19H2,1-2H3,(H,30,34). The molecule has 0 unspecified atom stereocenters. The quantitative estimate of drug-likeness (QED) is 0.307. The molecular weight excluding hydrogens is 470 g/mol. The van der Waals surface area contributed by atoms with Crippen molar-refractivity contribution in [1.82, 2.24) is 9.78 Å². The van der Waals surface area contributed by atoms with Crippen LogP contribution < -0.4 is 5.32 Å². The van der Waals surface area contributed by atoms with Crippen LogP contribution in [0.25, 0.3) is 0 Å². The van der Waals surface area contributed by atoms with Gasteiger partial charge in [0.05, 0.1) is 13.2 Å². The number of ether oxygens (including phenoxy) is 2. The van der Waals surface area contributed by atoms with Gasteiger partial charge < -0.3 is 14.8 Å². The number of nitrogens with one attached hydrogen (secondary N) is 1. The Morgan fingerprint density at radius 2 is 1.70 bits per heavy atom. The van der Waals surface area contributed by atoms with Gasteiger partial charge in [0.1, 0.15) is 5.82 Å². The molecule has 1 amide bonds. The van der Waals surface area contributed by atoms with E-state index in [2.05, 4.69) is 10.4 Å². The second-order valence-electron chi connectivity index (χ2n) is 9.33. The molecule has 8 nitrogen and oxygen atoms in total. The molecule has 2 heterocycles. The highest BCUT2D eigenvalue weighted by Crippen LogP contribution is 2.22. The smallest absolute Gasteiger partial charge is 0.358 e. The molecule has 1 aromatic heterocycles. The predicted molar refractivity (Wildman–Crippen MR) is 140 cm³/mol. The highest BCUT2D eigenvalue weighted by atomic mass is 16.5. The average molecular weight is 504 g/mol. The molecule has 1 fully saturated rings. The summed E-state index contributed by atoms with van der Waals surface area (Å²) in [5.41, 5.74) is 3.22. The summed E-state index contributed by atoms with van der Waals surface area (Å²) in [6.07, 6.45) is 3.46. The lowest BCUT2D eigenvalue weighted by Gasteiger charge is -2.21. The first-order valence-corrected chi connectivity index (χ1v) is 12.8. The van der Waals surface area contributed by atoms with E-state index < -0.39 is 5.97 Å². The van der Waals surface area contributed by atoms with Gasteiger partial charge in [-0.15, -0.1) is 0 Å². The summed E-state index contributed by atoms with van der Waals surface area (Å²) in [6, 6.07) is 16.1. The SMILES string of the molecule is CCOC(=O)c1cc(NC(=O)c2ccc(C)cc2)n(Cc2ccc(C(=O)CCC3CCOCC3)cc2)n1. The van der Waals surface area contributed by atoms with Crippen LogP contribution in [0.1, 0.15) is 74.9 Å². The molecule has 0 bridgehead atoms. The minimum Gasteiger partial charge on any atom is -0.461 e. The number of hydrogen-bond acceptors (Lipinski definition) is 6. The Bertz CT molecular complexity index is 1230. The van der Waals surface area contributed by atoms with Crippen LogP contribution >= 0.6 is 0 Å². The number of Topliss-reactive ketones (excluding diaryl/α,β-unsaturated/α-hetero) is 1. The maximum absolute atomic E-state index is 12.8. The van der Waals surface area contributed by atoms with E-state index in [-0.39, 0.29) is 24.0 Å². The molecule has 2 aromatic carbocycles. The van der Waals surface area contributed by atoms with Crippen LogP contribution in [0.3, 0.4) is 0 Å². The number of ketones is 1. The lowest BCUT2D eigenvalue weighted by atomic mass is 9.92. The number of esters is 1. The number of carbonyl (C=O) groups is 3. The van der Waals surface area contributed by atoms with Crippen molar-refractivity contribution in [2.45, 2.75) is 46.1 Å². The summed E-state index contributed by atoms with van der Waals surface area (Å²) in [6.45, 7) is 5.77. The molecule has 1 saturated heterocycles. The summed E-state index contributed by atoms with van der Waals surface area (Å²) in [5, 5.41) is 7.23. The van der Waals surface area contributed by atoms with Crippen LogP contribution in [0.5, 0.6) is 0 Å². The Hall–Kier alpha value is -3.78. The van der Waals surface area contributed by atoms with E-state index in [1.54, 1.807) is 23.7 Å². The van der Waals surface area contributed by atoms with Gasteiger partial charge in [-0.1, -0.05) is 42.0 Å². The van der Waals surface area contributed by atoms with Gasteiger partial charge in [-0.3, -0.25) is 9.59 Å². The third-order valence-corrected chi connectivity index (χ3v) is 6.55. The van der Waals surface area contributed by atoms with Crippen molar-refractivity contribution in [1.29, 1.82) is 0 Å². The van der Waals surface area contributed by atoms with E-state index in [0.717, 1.165) is 43.6 Å². The van der Waals surface area contributed by atoms with Crippen molar-refractivity contribution in [3.05, 3.63) is 82.5 Å². The fraction of sp³-hybridized carbons (Fsp3) is 0.379. The van der Waals surface area contributed by atoms with E-state index >= 15 is 0 Å². The molecule has 0 saturated carbocycles. The first-order valence-electron chi connectivity index (χ1n) is 12.8. The van der Waals surface area contributed by atoms with E-state index in [1.165, 1.54) is 6.07 Å². The number of carbonyl (C=O) groups excluding carboxylic acids is 3. The van der Waals surface area contributed by atoms with Gasteiger partial charge in [-0.2, -0.15) is 5.10 Å². The molecule has 3 aromatic rings. The van der Waals surface area contributed by atoms with Gasteiger partial charge in [0.25, 0.3) is 5.91 Å². The Morgan fingerprint density at radius 1 is 1.03 bits per heavy atom. The molecule has 1 aliphatic heterocycles. The summed E-state index contributed by atoms with van der Waals surface area (Å²) in [7, 11) is 0. The fourth-order valence-electron chi connectivity index (χ4n) is 4.32. The largest absolute Gasteiger partial charge is 0.461 e. The van der Waals surface area contributed by atoms with Gasteiger partial charge in [-0.25, -0.2) is 9.48 Å². The summed E-state index contributed by atoms with van der Waals surface area (Å²) >= 11 is 0. The Morgan fingerprint density at radius 3 is 2.38 bits per heavy atom. The van der Waals surface area contributed by atoms with Crippen LogP contribution in [-0.4, -0.2) is 47.3 Å². The van der Waals surface area contributed by atoms with E-state index in [9.17, 15) is 14.4 Å². The Balaban J connectivity index is 1.45. The number of rotatable bonds is 10. The lowest BCUT2D eigenvalue weighted by molar-refractivity contribution is 0.0518. The van der Waals surface area contributed by atoms with E-state index in [4.69, 9.17) is 9.47 Å². The van der Waals surface area contributed by atoms with Crippen molar-refractivity contribution in [2.24, 2.45) is 5.92 Å². The number of aryl methyl sites for hydroxylation is 1. The molecule has 37 heavy (non-hydrogen) atoms. The topological polar surface area (TPSA) is 99.5 Å². The number of aromatic nitrogens is 2. The third-order valence-electron chi connectivity index (χ3n) is 6.55. The van der Waals surface area contributed by atoms with Crippen molar-refractivity contribution in [2.75, 3.05) is 25.1 Å². The van der Waals surface area contributed by atoms with Crippen molar-refractivity contribution in [3.8, 4) is 0 Å². The first kappa shape index (κ1) is 26.3.